The van der Waals surface area contributed by atoms with Crippen LogP contribution in [0.3, 0.4) is 0 Å². The van der Waals surface area contributed by atoms with Gasteiger partial charge in [0.2, 0.25) is 17.8 Å². The summed E-state index contributed by atoms with van der Waals surface area (Å²) in [5.41, 5.74) is 7.18. The van der Waals surface area contributed by atoms with Crippen molar-refractivity contribution >= 4 is 119 Å². The molecule has 0 spiro atoms. The van der Waals surface area contributed by atoms with Crippen LogP contribution in [-0.4, -0.2) is 221 Å². The molecule has 121 heavy (non-hydrogen) atoms. The van der Waals surface area contributed by atoms with E-state index in [-0.39, 0.29) is 24.2 Å². The summed E-state index contributed by atoms with van der Waals surface area (Å²) in [7, 11) is 0. The molecule has 34 heteroatoms. The number of nitrogens with zero attached hydrogens (tertiary/aromatic N) is 27. The van der Waals surface area contributed by atoms with Crippen LogP contribution in [0.2, 0.25) is 0 Å². The highest BCUT2D eigenvalue weighted by Gasteiger charge is 2.38. The van der Waals surface area contributed by atoms with Gasteiger partial charge in [0.25, 0.3) is 0 Å². The van der Waals surface area contributed by atoms with Gasteiger partial charge in [-0.3, -0.25) is 4.79 Å². The number of aromatic nitrogens is 21. The summed E-state index contributed by atoms with van der Waals surface area (Å²) in [6.45, 7) is 24.1. The number of carboxylic acids is 1. The zero-order chi connectivity index (χ0) is 83.4. The number of carbonyl (C=O) groups excluding carboxylic acids is 2. The van der Waals surface area contributed by atoms with Crippen LogP contribution < -0.4 is 29.4 Å². The fraction of sp³-hybridized carbons (Fsp3) is 0.379. The van der Waals surface area contributed by atoms with E-state index in [4.69, 9.17) is 49.5 Å². The first-order valence-electron chi connectivity index (χ1n) is 41.2. The smallest absolute Gasteiger partial charge is 0.329 e. The summed E-state index contributed by atoms with van der Waals surface area (Å²) in [5, 5.41) is 36.6. The molecule has 2 unspecified atom stereocenters. The summed E-state index contributed by atoms with van der Waals surface area (Å²) in [6, 6.07) is 34.4. The minimum atomic E-state index is -0.887. The van der Waals surface area contributed by atoms with Gasteiger partial charge in [-0.2, -0.15) is 45.2 Å². The number of para-hydroxylation sites is 3. The molecule has 2 aliphatic carbocycles. The quantitative estimate of drug-likeness (QED) is 0.0710. The van der Waals surface area contributed by atoms with Gasteiger partial charge in [0.15, 0.2) is 50.9 Å². The molecule has 5 fully saturated rings. The van der Waals surface area contributed by atoms with E-state index in [9.17, 15) is 24.6 Å². The third-order valence-corrected chi connectivity index (χ3v) is 22.3. The van der Waals surface area contributed by atoms with Crippen molar-refractivity contribution in [2.24, 2.45) is 11.8 Å². The lowest BCUT2D eigenvalue weighted by molar-refractivity contribution is -0.159. The van der Waals surface area contributed by atoms with Gasteiger partial charge in [-0.15, -0.1) is 0 Å². The molecule has 2 saturated carbocycles. The van der Waals surface area contributed by atoms with E-state index >= 15 is 0 Å². The Labute approximate surface area is 696 Å². The fourth-order valence-electron chi connectivity index (χ4n) is 15.7. The second-order valence-corrected chi connectivity index (χ2v) is 33.6. The number of aromatic hydroxyl groups is 1. The third-order valence-electron chi connectivity index (χ3n) is 22.3. The van der Waals surface area contributed by atoms with Crippen LogP contribution in [0.15, 0.2) is 165 Å². The van der Waals surface area contributed by atoms with E-state index in [1.54, 1.807) is 55.8 Å². The zero-order valence-electron chi connectivity index (χ0n) is 68.8. The van der Waals surface area contributed by atoms with Crippen molar-refractivity contribution < 1.29 is 34.1 Å². The molecule has 20 rings (SSSR count). The molecule has 0 amide bonds. The molecule has 3 aromatic carbocycles. The number of fused-ring (bicyclic) bond motifs is 6. The number of carbonyl (C=O) groups is 3. The van der Waals surface area contributed by atoms with Gasteiger partial charge in [0, 0.05) is 107 Å². The molecule has 2 atom stereocenters. The Hall–Kier alpha value is -13.8. The summed E-state index contributed by atoms with van der Waals surface area (Å²) in [5.74, 6) is 5.65. The van der Waals surface area contributed by atoms with Crippen molar-refractivity contribution in [3.8, 4) is 23.2 Å². The molecular weight excluding hydrogens is 1540 g/mol. The van der Waals surface area contributed by atoms with E-state index in [1.807, 2.05) is 162 Å². The highest BCUT2D eigenvalue weighted by atomic mass is 16.6. The molecule has 3 aliphatic heterocycles. The Balaban J connectivity index is 0.000000124. The summed E-state index contributed by atoms with van der Waals surface area (Å²) >= 11 is 0. The fourth-order valence-corrected chi connectivity index (χ4v) is 15.7. The van der Waals surface area contributed by atoms with Gasteiger partial charge in [0.1, 0.15) is 53.0 Å². The maximum atomic E-state index is 13.6. The maximum Gasteiger partial charge on any atom is 0.329 e. The van der Waals surface area contributed by atoms with Crippen molar-refractivity contribution in [1.82, 2.24) is 103 Å². The SMILES string of the molecule is Cc1ccc(N2CCN(c3nc(-n4ncc5ccccc54)c4ncn(C(CC5CC5)C(=O)OC(C)(C)C)c4n3)CC2)nc1.Cc1ccc(N2CCN(c3nc(-n4ncc5ccccc54)c4ncn(CC(=O)OC(C)(C)C)c4n3)CC2)nc1.O=C(O)C(CC1CC1)n1cnc2c(-n3ncc4ccccc43)nc(N3CCN(c4ccc(O)cn4)CC3)nc21. The summed E-state index contributed by atoms with van der Waals surface area (Å²) in [6.07, 6.45) is 21.2. The number of carboxylic acid groups (broad SMARTS) is 1. The van der Waals surface area contributed by atoms with Crippen LogP contribution in [0, 0.1) is 25.7 Å². The third kappa shape index (κ3) is 16.9. The molecule has 620 valence electrons. The molecule has 5 aliphatic rings. The largest absolute Gasteiger partial charge is 0.506 e. The van der Waals surface area contributed by atoms with Crippen molar-refractivity contribution in [3.05, 3.63) is 176 Å². The molecule has 3 saturated heterocycles. The highest BCUT2D eigenvalue weighted by molar-refractivity contribution is 5.90. The standard InChI is InChI=1S/C32H37N9O2.C28H31N9O2.C27H27N9O3/c1-21-9-12-26(33-18-21)38-13-15-39(16-14-38)31-36-28-27(29(37-31)41-24-8-6-5-7-23(24)19-35-41)34-20-40(28)25(17-22-10-11-22)30(42)43-32(2,3)4;1-19-9-10-22(29-15-19)34-11-13-35(14-12-34)27-32-25-24(30-18-36(25)17-23(38)39-28(2,3)4)26(33-27)37-21-8-6-5-7-20(21)16-31-37;37-19-7-8-22(28-15-19)33-9-11-34(12-10-33)27-31-24-23(29-16-35(24)21(26(38)39)13-17-5-6-17)25(32-27)36-20-4-2-1-3-18(20)14-30-36/h5-9,12,18-20,22,25H,10-11,13-17H2,1-4H3;5-10,15-16,18H,11-14,17H2,1-4H3;1-4,7-8,14-17,21,37H,5-6,9-13H2,(H,38,39). The topological polar surface area (TPSA) is 352 Å². The van der Waals surface area contributed by atoms with Gasteiger partial charge in [0.05, 0.1) is 60.3 Å². The predicted molar refractivity (Wildman–Crippen MR) is 459 cm³/mol. The van der Waals surface area contributed by atoms with E-state index < -0.39 is 29.3 Å². The minimum Gasteiger partial charge on any atom is -0.506 e. The monoisotopic (exact) mass is 1630 g/mol. The average Bonchev–Trinajstić information content (AvgIpc) is 1.61. The van der Waals surface area contributed by atoms with Gasteiger partial charge in [-0.05, 0) is 134 Å². The zero-order valence-corrected chi connectivity index (χ0v) is 68.8. The molecular formula is C87H95N27O7. The molecule has 34 nitrogen and oxygen atoms in total. The number of anilines is 6. The Bertz CT molecular complexity index is 6290. The number of esters is 2. The number of piperazine rings is 3. The minimum absolute atomic E-state index is 0.00358. The van der Waals surface area contributed by atoms with E-state index in [2.05, 4.69) is 88.8 Å². The first-order valence-corrected chi connectivity index (χ1v) is 41.2. The number of benzene rings is 3. The normalized spacial score (nSPS) is 15.9. The molecule has 0 bridgehead atoms. The Morgan fingerprint density at radius 2 is 0.777 bits per heavy atom. The van der Waals surface area contributed by atoms with Crippen LogP contribution in [0.5, 0.6) is 5.75 Å². The number of aryl methyl sites for hydroxylation is 2. The summed E-state index contributed by atoms with van der Waals surface area (Å²) < 4.78 is 22.1. The van der Waals surface area contributed by atoms with Crippen molar-refractivity contribution in [3.63, 3.8) is 0 Å². The molecule has 2 N–H and O–H groups in total. The lowest BCUT2D eigenvalue weighted by Gasteiger charge is -2.35. The second-order valence-electron chi connectivity index (χ2n) is 33.6. The van der Waals surface area contributed by atoms with E-state index in [1.165, 1.54) is 6.20 Å². The van der Waals surface area contributed by atoms with Crippen LogP contribution in [-0.2, 0) is 30.4 Å². The van der Waals surface area contributed by atoms with Gasteiger partial charge >= 0.3 is 17.9 Å². The number of rotatable bonds is 19. The molecule has 12 aromatic heterocycles. The second kappa shape index (κ2) is 32.5. The highest BCUT2D eigenvalue weighted by Crippen LogP contribution is 2.41. The predicted octanol–water partition coefficient (Wildman–Crippen LogP) is 11.4. The number of pyridine rings is 3. The molecule has 0 radical (unpaired) electrons. The summed E-state index contributed by atoms with van der Waals surface area (Å²) in [4.78, 5) is 109. The van der Waals surface area contributed by atoms with Gasteiger partial charge < -0.3 is 62.8 Å². The number of ether oxygens (including phenoxy) is 2. The van der Waals surface area contributed by atoms with E-state index in [0.717, 1.165) is 139 Å². The Morgan fingerprint density at radius 1 is 0.413 bits per heavy atom. The van der Waals surface area contributed by atoms with Gasteiger partial charge in [-0.25, -0.2) is 53.5 Å². The van der Waals surface area contributed by atoms with Crippen LogP contribution >= 0.6 is 0 Å². The van der Waals surface area contributed by atoms with Gasteiger partial charge in [-0.1, -0.05) is 92.4 Å². The first kappa shape index (κ1) is 78.4. The van der Waals surface area contributed by atoms with E-state index in [0.29, 0.717) is 120 Å². The number of hydrogen-bond donors (Lipinski definition) is 2. The van der Waals surface area contributed by atoms with Crippen LogP contribution in [0.25, 0.3) is 83.7 Å². The number of aliphatic carboxylic acids is 1. The number of hydrogen-bond acceptors (Lipinski definition) is 27. The van der Waals surface area contributed by atoms with Crippen molar-refractivity contribution in [2.45, 2.75) is 124 Å². The lowest BCUT2D eigenvalue weighted by Crippen LogP contribution is -2.47. The average molecular weight is 1630 g/mol. The number of imidazole rings is 3. The lowest BCUT2D eigenvalue weighted by atomic mass is 10.1. The first-order chi connectivity index (χ1) is 58.5. The van der Waals surface area contributed by atoms with Crippen LogP contribution in [0.1, 0.15) is 103 Å². The Kier molecular flexibility index (Phi) is 21.0. The Morgan fingerprint density at radius 3 is 1.16 bits per heavy atom. The van der Waals surface area contributed by atoms with Crippen molar-refractivity contribution in [1.29, 1.82) is 0 Å². The van der Waals surface area contributed by atoms with Crippen molar-refractivity contribution in [2.75, 3.05) is 108 Å². The molecule has 15 aromatic rings. The van der Waals surface area contributed by atoms with Crippen LogP contribution in [0.4, 0.5) is 35.3 Å². The molecule has 15 heterocycles. The maximum absolute atomic E-state index is 13.6.